The summed E-state index contributed by atoms with van der Waals surface area (Å²) in [5, 5.41) is 0. The van der Waals surface area contributed by atoms with Crippen LogP contribution in [-0.2, 0) is 11.2 Å². The number of carbonyl (C=O) groups excluding carboxylic acids is 1. The number of carbonyl (C=O) groups is 1. The normalized spacial score (nSPS) is 17.1. The van der Waals surface area contributed by atoms with E-state index in [2.05, 4.69) is 4.98 Å². The number of furan rings is 1. The van der Waals surface area contributed by atoms with Gasteiger partial charge in [0.2, 0.25) is 5.91 Å². The average molecular weight is 329 g/mol. The number of hydrogen-bond acceptors (Lipinski definition) is 5. The van der Waals surface area contributed by atoms with Gasteiger partial charge < -0.3 is 19.0 Å². The van der Waals surface area contributed by atoms with Gasteiger partial charge in [-0.25, -0.2) is 4.98 Å². The van der Waals surface area contributed by atoms with Crippen LogP contribution in [0.15, 0.2) is 41.3 Å². The molecule has 128 valence electrons. The second-order valence-corrected chi connectivity index (χ2v) is 6.22. The second kappa shape index (κ2) is 7.38. The number of aryl methyl sites for hydroxylation is 1. The zero-order valence-corrected chi connectivity index (χ0v) is 14.1. The lowest BCUT2D eigenvalue weighted by atomic mass is 10.2. The lowest BCUT2D eigenvalue weighted by Gasteiger charge is -2.20. The molecule has 2 aromatic heterocycles. The molecule has 6 nitrogen and oxygen atoms in total. The lowest BCUT2D eigenvalue weighted by molar-refractivity contribution is -0.130. The fourth-order valence-corrected chi connectivity index (χ4v) is 2.88. The van der Waals surface area contributed by atoms with Crippen LogP contribution in [0.1, 0.15) is 18.4 Å². The van der Waals surface area contributed by atoms with Crippen LogP contribution in [-0.4, -0.2) is 49.1 Å². The minimum absolute atomic E-state index is 0.0192. The molecule has 1 aliphatic rings. The van der Waals surface area contributed by atoms with Gasteiger partial charge in [-0.15, -0.1) is 0 Å². The molecule has 1 aliphatic heterocycles. The van der Waals surface area contributed by atoms with Crippen molar-refractivity contribution in [3.63, 3.8) is 0 Å². The first-order valence-electron chi connectivity index (χ1n) is 8.21. The van der Waals surface area contributed by atoms with E-state index in [1.807, 2.05) is 42.1 Å². The first-order chi connectivity index (χ1) is 11.6. The molecule has 24 heavy (non-hydrogen) atoms. The zero-order valence-electron chi connectivity index (χ0n) is 14.1. The monoisotopic (exact) mass is 329 g/mol. The molecule has 0 bridgehead atoms. The number of ether oxygens (including phenoxy) is 1. The van der Waals surface area contributed by atoms with Crippen molar-refractivity contribution in [3.8, 4) is 5.75 Å². The molecule has 3 heterocycles. The van der Waals surface area contributed by atoms with Gasteiger partial charge in [0.05, 0.1) is 19.1 Å². The van der Waals surface area contributed by atoms with E-state index in [9.17, 15) is 4.79 Å². The van der Waals surface area contributed by atoms with Crippen LogP contribution in [0.5, 0.6) is 5.75 Å². The van der Waals surface area contributed by atoms with Gasteiger partial charge in [-0.3, -0.25) is 4.79 Å². The molecule has 0 spiro atoms. The molecule has 0 radical (unpaired) electrons. The highest BCUT2D eigenvalue weighted by atomic mass is 16.5. The molecular formula is C18H23N3O3. The summed E-state index contributed by atoms with van der Waals surface area (Å²) in [5.41, 5.74) is 1.06. The summed E-state index contributed by atoms with van der Waals surface area (Å²) in [7, 11) is 3.88. The van der Waals surface area contributed by atoms with Crippen LogP contribution in [0.2, 0.25) is 0 Å². The quantitative estimate of drug-likeness (QED) is 0.814. The van der Waals surface area contributed by atoms with E-state index in [0.717, 1.165) is 30.1 Å². The maximum absolute atomic E-state index is 12.3. The Hall–Kier alpha value is -2.50. The largest absolute Gasteiger partial charge is 0.485 e. The lowest BCUT2D eigenvalue weighted by Crippen LogP contribution is -2.31. The van der Waals surface area contributed by atoms with Crippen LogP contribution in [0.25, 0.3) is 0 Å². The summed E-state index contributed by atoms with van der Waals surface area (Å²) < 4.78 is 11.1. The molecule has 0 aliphatic carbocycles. The summed E-state index contributed by atoms with van der Waals surface area (Å²) in [6.45, 7) is 1.37. The summed E-state index contributed by atoms with van der Waals surface area (Å²) in [5.74, 6) is 1.74. The Kier molecular flexibility index (Phi) is 5.03. The molecule has 1 unspecified atom stereocenters. The van der Waals surface area contributed by atoms with Crippen LogP contribution in [0.4, 0.5) is 5.82 Å². The van der Waals surface area contributed by atoms with E-state index < -0.39 is 0 Å². The second-order valence-electron chi connectivity index (χ2n) is 6.22. The van der Waals surface area contributed by atoms with Gasteiger partial charge in [0.15, 0.2) is 11.6 Å². The molecule has 1 amide bonds. The predicted octanol–water partition coefficient (Wildman–Crippen LogP) is 2.35. The fourth-order valence-electron chi connectivity index (χ4n) is 2.88. The number of nitrogens with zero attached hydrogens (tertiary/aromatic N) is 3. The predicted molar refractivity (Wildman–Crippen MR) is 91.2 cm³/mol. The van der Waals surface area contributed by atoms with Crippen molar-refractivity contribution < 1.29 is 13.9 Å². The third kappa shape index (κ3) is 3.88. The maximum atomic E-state index is 12.3. The number of aromatic nitrogens is 1. The highest BCUT2D eigenvalue weighted by molar-refractivity contribution is 5.76. The van der Waals surface area contributed by atoms with Gasteiger partial charge in [0.25, 0.3) is 0 Å². The van der Waals surface area contributed by atoms with Crippen molar-refractivity contribution in [1.82, 2.24) is 9.88 Å². The maximum Gasteiger partial charge on any atom is 0.223 e. The number of likely N-dealkylation sites (tertiary alicyclic amines) is 1. The highest BCUT2D eigenvalue weighted by Crippen LogP contribution is 2.26. The molecule has 6 heteroatoms. The van der Waals surface area contributed by atoms with Gasteiger partial charge in [-0.2, -0.15) is 0 Å². The van der Waals surface area contributed by atoms with Crippen LogP contribution < -0.4 is 9.64 Å². The molecule has 0 N–H and O–H groups in total. The molecule has 1 fully saturated rings. The van der Waals surface area contributed by atoms with Crippen molar-refractivity contribution in [2.24, 2.45) is 0 Å². The Morgan fingerprint density at radius 1 is 1.46 bits per heavy atom. The van der Waals surface area contributed by atoms with Gasteiger partial charge in [0, 0.05) is 39.7 Å². The Morgan fingerprint density at radius 3 is 3.08 bits per heavy atom. The average Bonchev–Trinajstić information content (AvgIpc) is 3.24. The van der Waals surface area contributed by atoms with Gasteiger partial charge >= 0.3 is 0 Å². The van der Waals surface area contributed by atoms with E-state index in [4.69, 9.17) is 9.15 Å². The van der Waals surface area contributed by atoms with Crippen molar-refractivity contribution in [2.45, 2.75) is 25.4 Å². The molecule has 0 saturated carbocycles. The van der Waals surface area contributed by atoms with Crippen molar-refractivity contribution in [3.05, 3.63) is 42.5 Å². The molecule has 1 atom stereocenters. The smallest absolute Gasteiger partial charge is 0.223 e. The SMILES string of the molecule is CN(C)c1ncccc1OC1CCN(C(=O)CCc2ccoc2)C1. The van der Waals surface area contributed by atoms with Crippen LogP contribution in [0, 0.1) is 0 Å². The topological polar surface area (TPSA) is 58.8 Å². The van der Waals surface area contributed by atoms with Gasteiger partial charge in [-0.1, -0.05) is 0 Å². The highest BCUT2D eigenvalue weighted by Gasteiger charge is 2.28. The first kappa shape index (κ1) is 16.4. The first-order valence-corrected chi connectivity index (χ1v) is 8.21. The minimum atomic E-state index is 0.0192. The summed E-state index contributed by atoms with van der Waals surface area (Å²) in [6.07, 6.45) is 7.16. The molecule has 1 saturated heterocycles. The Morgan fingerprint density at radius 2 is 2.33 bits per heavy atom. The van der Waals surface area contributed by atoms with Gasteiger partial charge in [0.1, 0.15) is 6.10 Å². The fraction of sp³-hybridized carbons (Fsp3) is 0.444. The van der Waals surface area contributed by atoms with Crippen molar-refractivity contribution in [1.29, 1.82) is 0 Å². The van der Waals surface area contributed by atoms with Crippen molar-refractivity contribution >= 4 is 11.7 Å². The van der Waals surface area contributed by atoms with E-state index >= 15 is 0 Å². The van der Waals surface area contributed by atoms with Crippen molar-refractivity contribution in [2.75, 3.05) is 32.1 Å². The summed E-state index contributed by atoms with van der Waals surface area (Å²) in [6, 6.07) is 5.69. The number of rotatable bonds is 6. The Labute approximate surface area is 142 Å². The van der Waals surface area contributed by atoms with E-state index in [1.165, 1.54) is 0 Å². The van der Waals surface area contributed by atoms with Crippen LogP contribution >= 0.6 is 0 Å². The third-order valence-corrected chi connectivity index (χ3v) is 4.17. The molecular weight excluding hydrogens is 306 g/mol. The van der Waals surface area contributed by atoms with E-state index in [1.54, 1.807) is 18.7 Å². The third-order valence-electron chi connectivity index (χ3n) is 4.17. The Balaban J connectivity index is 1.53. The minimum Gasteiger partial charge on any atom is -0.485 e. The molecule has 3 rings (SSSR count). The standard InChI is InChI=1S/C18H23N3O3/c1-20(2)18-16(4-3-9-19-18)24-15-7-10-21(12-15)17(22)6-5-14-8-11-23-13-14/h3-4,8-9,11,13,15H,5-7,10,12H2,1-2H3. The summed E-state index contributed by atoms with van der Waals surface area (Å²) in [4.78, 5) is 20.5. The van der Waals surface area contributed by atoms with Crippen LogP contribution in [0.3, 0.4) is 0 Å². The van der Waals surface area contributed by atoms with E-state index in [-0.39, 0.29) is 12.0 Å². The van der Waals surface area contributed by atoms with E-state index in [0.29, 0.717) is 19.4 Å². The number of amides is 1. The number of anilines is 1. The number of pyridine rings is 1. The molecule has 2 aromatic rings. The molecule has 0 aromatic carbocycles. The Bertz CT molecular complexity index is 670. The number of hydrogen-bond donors (Lipinski definition) is 0. The zero-order chi connectivity index (χ0) is 16.9. The summed E-state index contributed by atoms with van der Waals surface area (Å²) >= 11 is 0. The van der Waals surface area contributed by atoms with Gasteiger partial charge in [-0.05, 0) is 30.2 Å².